The molecule has 0 aromatic heterocycles. The number of hydrogen-bond donors (Lipinski definition) is 1. The van der Waals surface area contributed by atoms with Crippen molar-refractivity contribution in [3.05, 3.63) is 41.4 Å². The van der Waals surface area contributed by atoms with Gasteiger partial charge in [-0.3, -0.25) is 0 Å². The lowest BCUT2D eigenvalue weighted by Gasteiger charge is -2.32. The first-order chi connectivity index (χ1) is 12.1. The maximum atomic E-state index is 6.23. The van der Waals surface area contributed by atoms with E-state index >= 15 is 0 Å². The number of nitrogens with one attached hydrogen (secondary N) is 1. The Hall–Kier alpha value is -1.33. The third-order valence-electron chi connectivity index (χ3n) is 4.53. The zero-order chi connectivity index (χ0) is 17.6. The minimum absolute atomic E-state index is 0.334. The number of morpholine rings is 1. The molecule has 0 aliphatic carbocycles. The molecule has 3 rings (SSSR count). The van der Waals surface area contributed by atoms with Crippen molar-refractivity contribution in [2.45, 2.75) is 26.1 Å². The third kappa shape index (κ3) is 5.08. The molecule has 1 aliphatic rings. The Bertz CT molecular complexity index is 684. The van der Waals surface area contributed by atoms with Crippen LogP contribution in [0, 0.1) is 0 Å². The summed E-state index contributed by atoms with van der Waals surface area (Å²) in [6.07, 6.45) is 0.667. The molecule has 1 N–H and O–H groups in total. The van der Waals surface area contributed by atoms with Crippen LogP contribution < -0.4 is 9.64 Å². The molecule has 1 aliphatic heterocycles. The summed E-state index contributed by atoms with van der Waals surface area (Å²) in [4.78, 5) is 1.55. The zero-order valence-electron chi connectivity index (χ0n) is 15.0. The highest BCUT2D eigenvalue weighted by molar-refractivity contribution is 6.35. The van der Waals surface area contributed by atoms with Gasteiger partial charge in [0.05, 0.1) is 13.2 Å². The second-order valence-corrected chi connectivity index (χ2v) is 7.12. The normalized spacial score (nSPS) is 23.7. The Morgan fingerprint density at radius 2 is 1.72 bits per heavy atom. The molecule has 25 heavy (non-hydrogen) atoms. The lowest BCUT2D eigenvalue weighted by Crippen LogP contribution is -3.15. The number of halogens is 1. The molecule has 1 saturated heterocycles. The van der Waals surface area contributed by atoms with Gasteiger partial charge in [0.25, 0.3) is 0 Å². The molecular formula is C20H27ClNO3+. The standard InChI is InChI=1S/C20H26ClNO3/c1-15-13-22(14-16(2)25-15)9-10-23-11-12-24-20-8-7-19(21)17-5-3-4-6-18(17)20/h3-8,15-16H,9-14H2,1-2H3/p+1/t15-,16-/m0/s1. The molecule has 2 aromatic rings. The topological polar surface area (TPSA) is 32.1 Å². The first kappa shape index (κ1) is 18.5. The summed E-state index contributed by atoms with van der Waals surface area (Å²) in [6, 6.07) is 11.8. The van der Waals surface area contributed by atoms with E-state index in [4.69, 9.17) is 25.8 Å². The van der Waals surface area contributed by atoms with Crippen LogP contribution >= 0.6 is 11.6 Å². The van der Waals surface area contributed by atoms with Crippen molar-refractivity contribution >= 4 is 22.4 Å². The summed E-state index contributed by atoms with van der Waals surface area (Å²) in [5.74, 6) is 0.852. The summed E-state index contributed by atoms with van der Waals surface area (Å²) in [5, 5.41) is 2.80. The molecule has 4 nitrogen and oxygen atoms in total. The second-order valence-electron chi connectivity index (χ2n) is 6.72. The van der Waals surface area contributed by atoms with E-state index in [-0.39, 0.29) is 0 Å². The van der Waals surface area contributed by atoms with Gasteiger partial charge in [-0.15, -0.1) is 0 Å². The van der Waals surface area contributed by atoms with E-state index in [2.05, 4.69) is 13.8 Å². The van der Waals surface area contributed by atoms with Crippen molar-refractivity contribution < 1.29 is 19.1 Å². The minimum Gasteiger partial charge on any atom is -0.491 e. The van der Waals surface area contributed by atoms with Gasteiger partial charge in [-0.05, 0) is 26.0 Å². The maximum absolute atomic E-state index is 6.23. The van der Waals surface area contributed by atoms with E-state index in [1.165, 1.54) is 0 Å². The van der Waals surface area contributed by atoms with Crippen LogP contribution in [0.5, 0.6) is 5.75 Å². The van der Waals surface area contributed by atoms with Crippen molar-refractivity contribution in [2.24, 2.45) is 0 Å². The largest absolute Gasteiger partial charge is 0.491 e. The highest BCUT2D eigenvalue weighted by atomic mass is 35.5. The quantitative estimate of drug-likeness (QED) is 0.766. The number of fused-ring (bicyclic) bond motifs is 1. The average molecular weight is 365 g/mol. The fourth-order valence-corrected chi connectivity index (χ4v) is 3.71. The van der Waals surface area contributed by atoms with Crippen molar-refractivity contribution in [2.75, 3.05) is 39.5 Å². The van der Waals surface area contributed by atoms with Gasteiger partial charge < -0.3 is 19.1 Å². The van der Waals surface area contributed by atoms with Crippen molar-refractivity contribution in [3.63, 3.8) is 0 Å². The van der Waals surface area contributed by atoms with E-state index < -0.39 is 0 Å². The predicted octanol–water partition coefficient (Wildman–Crippen LogP) is 2.58. The number of quaternary nitrogens is 1. The van der Waals surface area contributed by atoms with Gasteiger partial charge in [0.2, 0.25) is 0 Å². The molecular weight excluding hydrogens is 338 g/mol. The van der Waals surface area contributed by atoms with Crippen LogP contribution in [-0.4, -0.2) is 51.7 Å². The average Bonchev–Trinajstić information content (AvgIpc) is 2.59. The molecule has 5 heteroatoms. The van der Waals surface area contributed by atoms with Crippen LogP contribution in [0.2, 0.25) is 5.02 Å². The number of rotatable bonds is 7. The van der Waals surface area contributed by atoms with Crippen LogP contribution in [0.3, 0.4) is 0 Å². The maximum Gasteiger partial charge on any atom is 0.127 e. The Kier molecular flexibility index (Phi) is 6.54. The number of hydrogen-bond acceptors (Lipinski definition) is 3. The van der Waals surface area contributed by atoms with Gasteiger partial charge >= 0.3 is 0 Å². The Morgan fingerprint density at radius 1 is 1.00 bits per heavy atom. The molecule has 0 bridgehead atoms. The molecule has 2 atom stereocenters. The lowest BCUT2D eigenvalue weighted by molar-refractivity contribution is -0.915. The number of ether oxygens (including phenoxy) is 3. The van der Waals surface area contributed by atoms with Gasteiger partial charge in [0.1, 0.15) is 44.2 Å². The van der Waals surface area contributed by atoms with E-state index in [0.717, 1.165) is 47.8 Å². The molecule has 0 radical (unpaired) electrons. The van der Waals surface area contributed by atoms with Crippen molar-refractivity contribution in [3.8, 4) is 5.75 Å². The predicted molar refractivity (Wildman–Crippen MR) is 101 cm³/mol. The first-order valence-electron chi connectivity index (χ1n) is 9.00. The lowest BCUT2D eigenvalue weighted by atomic mass is 10.1. The zero-order valence-corrected chi connectivity index (χ0v) is 15.7. The van der Waals surface area contributed by atoms with Crippen LogP contribution in [-0.2, 0) is 9.47 Å². The van der Waals surface area contributed by atoms with Crippen molar-refractivity contribution in [1.82, 2.24) is 0 Å². The Balaban J connectivity index is 1.40. The van der Waals surface area contributed by atoms with Crippen molar-refractivity contribution in [1.29, 1.82) is 0 Å². The Labute approximate surface area is 154 Å². The molecule has 0 spiro atoms. The van der Waals surface area contributed by atoms with Gasteiger partial charge in [-0.25, -0.2) is 0 Å². The summed E-state index contributed by atoms with van der Waals surface area (Å²) in [7, 11) is 0. The monoisotopic (exact) mass is 364 g/mol. The minimum atomic E-state index is 0.334. The molecule has 0 amide bonds. The highest BCUT2D eigenvalue weighted by Gasteiger charge is 2.24. The van der Waals surface area contributed by atoms with E-state index in [9.17, 15) is 0 Å². The molecule has 0 unspecified atom stereocenters. The smallest absolute Gasteiger partial charge is 0.127 e. The fourth-order valence-electron chi connectivity index (χ4n) is 3.48. The molecule has 136 valence electrons. The van der Waals surface area contributed by atoms with Crippen LogP contribution in [0.15, 0.2) is 36.4 Å². The highest BCUT2D eigenvalue weighted by Crippen LogP contribution is 2.31. The van der Waals surface area contributed by atoms with Gasteiger partial charge in [-0.1, -0.05) is 35.9 Å². The second kappa shape index (κ2) is 8.86. The first-order valence-corrected chi connectivity index (χ1v) is 9.38. The van der Waals surface area contributed by atoms with Crippen LogP contribution in [0.1, 0.15) is 13.8 Å². The van der Waals surface area contributed by atoms with Gasteiger partial charge in [0.15, 0.2) is 0 Å². The van der Waals surface area contributed by atoms with E-state index in [1.807, 2.05) is 36.4 Å². The molecule has 1 fully saturated rings. The number of benzene rings is 2. The molecule has 0 saturated carbocycles. The summed E-state index contributed by atoms with van der Waals surface area (Å²) in [5.41, 5.74) is 0. The Morgan fingerprint density at radius 3 is 2.48 bits per heavy atom. The molecule has 2 aromatic carbocycles. The van der Waals surface area contributed by atoms with Gasteiger partial charge in [0, 0.05) is 15.8 Å². The van der Waals surface area contributed by atoms with E-state index in [0.29, 0.717) is 25.4 Å². The van der Waals surface area contributed by atoms with Crippen LogP contribution in [0.4, 0.5) is 0 Å². The third-order valence-corrected chi connectivity index (χ3v) is 4.86. The fraction of sp³-hybridized carbons (Fsp3) is 0.500. The summed E-state index contributed by atoms with van der Waals surface area (Å²) >= 11 is 6.23. The van der Waals surface area contributed by atoms with Crippen LogP contribution in [0.25, 0.3) is 10.8 Å². The van der Waals surface area contributed by atoms with Gasteiger partial charge in [-0.2, -0.15) is 0 Å². The summed E-state index contributed by atoms with van der Waals surface area (Å²) in [6.45, 7) is 9.29. The SMILES string of the molecule is C[C@H]1C[NH+](CCOCCOc2ccc(Cl)c3ccccc23)C[C@H](C)O1. The summed E-state index contributed by atoms with van der Waals surface area (Å²) < 4.78 is 17.4. The van der Waals surface area contributed by atoms with E-state index in [1.54, 1.807) is 4.90 Å². The molecule has 1 heterocycles.